The van der Waals surface area contributed by atoms with Crippen LogP contribution >= 0.6 is 0 Å². The highest BCUT2D eigenvalue weighted by Crippen LogP contribution is 2.26. The number of nitrogens with zero attached hydrogens (tertiary/aromatic N) is 3. The van der Waals surface area contributed by atoms with Gasteiger partial charge in [-0.25, -0.2) is 9.78 Å². The van der Waals surface area contributed by atoms with Crippen LogP contribution in [0.5, 0.6) is 11.5 Å². The summed E-state index contributed by atoms with van der Waals surface area (Å²) >= 11 is 0. The number of hydrogen-bond donors (Lipinski definition) is 2. The van der Waals surface area contributed by atoms with E-state index in [1.165, 1.54) is 0 Å². The normalized spacial score (nSPS) is 13.9. The molecule has 0 radical (unpaired) electrons. The Morgan fingerprint density at radius 2 is 1.74 bits per heavy atom. The Morgan fingerprint density at radius 1 is 0.943 bits per heavy atom. The van der Waals surface area contributed by atoms with Crippen LogP contribution in [0, 0.1) is 13.8 Å². The number of urea groups is 1. The molecule has 0 unspecified atom stereocenters. The maximum Gasteiger partial charge on any atom is 0.323 e. The van der Waals surface area contributed by atoms with Gasteiger partial charge in [0.1, 0.15) is 17.3 Å². The van der Waals surface area contributed by atoms with Gasteiger partial charge in [-0.1, -0.05) is 12.1 Å². The van der Waals surface area contributed by atoms with E-state index in [9.17, 15) is 4.79 Å². The van der Waals surface area contributed by atoms with Crippen molar-refractivity contribution in [3.8, 4) is 11.5 Å². The Labute approximate surface area is 206 Å². The molecule has 8 heteroatoms. The molecule has 1 saturated heterocycles. The van der Waals surface area contributed by atoms with Crippen LogP contribution < -0.4 is 25.0 Å². The fourth-order valence-electron chi connectivity index (χ4n) is 4.18. The van der Waals surface area contributed by atoms with Crippen LogP contribution in [0.1, 0.15) is 16.7 Å². The Bertz CT molecular complexity index is 1160. The maximum atomic E-state index is 12.4. The molecule has 4 rings (SSSR count). The lowest BCUT2D eigenvalue weighted by Crippen LogP contribution is -2.46. The minimum Gasteiger partial charge on any atom is -0.497 e. The number of ether oxygens (including phenoxy) is 2. The molecule has 1 aliphatic rings. The third-order valence-electron chi connectivity index (χ3n) is 6.22. The first-order chi connectivity index (χ1) is 16.9. The average molecular weight is 476 g/mol. The summed E-state index contributed by atoms with van der Waals surface area (Å²) in [5.41, 5.74) is 4.69. The topological polar surface area (TPSA) is 79.0 Å². The van der Waals surface area contributed by atoms with Crippen LogP contribution in [0.25, 0.3) is 0 Å². The smallest absolute Gasteiger partial charge is 0.323 e. The van der Waals surface area contributed by atoms with Crippen LogP contribution in [-0.4, -0.2) is 56.3 Å². The summed E-state index contributed by atoms with van der Waals surface area (Å²) < 4.78 is 10.9. The third-order valence-corrected chi connectivity index (χ3v) is 6.22. The van der Waals surface area contributed by atoms with Crippen molar-refractivity contribution in [2.75, 3.05) is 55.9 Å². The molecule has 8 nitrogen and oxygen atoms in total. The van der Waals surface area contributed by atoms with Gasteiger partial charge in [0.25, 0.3) is 0 Å². The first-order valence-corrected chi connectivity index (χ1v) is 11.7. The minimum absolute atomic E-state index is 0.283. The molecular formula is C27H33N5O3. The molecular weight excluding hydrogens is 442 g/mol. The molecule has 1 aromatic heterocycles. The summed E-state index contributed by atoms with van der Waals surface area (Å²) in [4.78, 5) is 21.7. The number of amides is 2. The zero-order valence-electron chi connectivity index (χ0n) is 20.8. The molecule has 184 valence electrons. The molecule has 2 heterocycles. The molecule has 2 aromatic carbocycles. The number of rotatable bonds is 7. The summed E-state index contributed by atoms with van der Waals surface area (Å²) in [5.74, 6) is 2.61. The lowest BCUT2D eigenvalue weighted by Gasteiger charge is -2.35. The Morgan fingerprint density at radius 3 is 2.43 bits per heavy atom. The zero-order valence-corrected chi connectivity index (χ0v) is 20.8. The van der Waals surface area contributed by atoms with Crippen molar-refractivity contribution < 1.29 is 14.3 Å². The third kappa shape index (κ3) is 6.22. The fourth-order valence-corrected chi connectivity index (χ4v) is 4.18. The molecule has 0 spiro atoms. The quantitative estimate of drug-likeness (QED) is 0.517. The zero-order chi connectivity index (χ0) is 24.8. The highest BCUT2D eigenvalue weighted by Gasteiger charge is 2.20. The van der Waals surface area contributed by atoms with Gasteiger partial charge in [0.2, 0.25) is 0 Å². The number of methoxy groups -OCH3 is 2. The first-order valence-electron chi connectivity index (χ1n) is 11.7. The molecule has 0 bridgehead atoms. The average Bonchev–Trinajstić information content (AvgIpc) is 2.87. The summed E-state index contributed by atoms with van der Waals surface area (Å²) in [7, 11) is 3.37. The largest absolute Gasteiger partial charge is 0.497 e. The van der Waals surface area contributed by atoms with Crippen molar-refractivity contribution in [3.05, 3.63) is 71.4 Å². The van der Waals surface area contributed by atoms with Gasteiger partial charge in [0.05, 0.1) is 26.1 Å². The van der Waals surface area contributed by atoms with Crippen molar-refractivity contribution in [1.29, 1.82) is 0 Å². The predicted octanol–water partition coefficient (Wildman–Crippen LogP) is 4.68. The van der Waals surface area contributed by atoms with Crippen LogP contribution in [-0.2, 0) is 6.54 Å². The Kier molecular flexibility index (Phi) is 7.72. The highest BCUT2D eigenvalue weighted by molar-refractivity contribution is 6.00. The molecule has 1 aliphatic heterocycles. The van der Waals surface area contributed by atoms with E-state index < -0.39 is 0 Å². The van der Waals surface area contributed by atoms with E-state index in [2.05, 4.69) is 25.4 Å². The Balaban J connectivity index is 1.30. The van der Waals surface area contributed by atoms with E-state index in [0.29, 0.717) is 5.69 Å². The Hall–Kier alpha value is -3.78. The lowest BCUT2D eigenvalue weighted by molar-refractivity contribution is 0.245. The summed E-state index contributed by atoms with van der Waals surface area (Å²) in [5, 5.41) is 5.77. The van der Waals surface area contributed by atoms with Gasteiger partial charge in [-0.2, -0.15) is 0 Å². The van der Waals surface area contributed by atoms with Gasteiger partial charge in [-0.15, -0.1) is 0 Å². The van der Waals surface area contributed by atoms with Gasteiger partial charge in [-0.3, -0.25) is 4.90 Å². The second kappa shape index (κ2) is 11.1. The van der Waals surface area contributed by atoms with Crippen molar-refractivity contribution in [1.82, 2.24) is 9.88 Å². The number of carbonyl (C=O) groups is 1. The van der Waals surface area contributed by atoms with Gasteiger partial charge in [-0.05, 0) is 61.4 Å². The number of carbonyl (C=O) groups excluding carboxylic acids is 1. The van der Waals surface area contributed by atoms with Gasteiger partial charge in [0.15, 0.2) is 0 Å². The van der Waals surface area contributed by atoms with Crippen LogP contribution in [0.2, 0.25) is 0 Å². The second-order valence-corrected chi connectivity index (χ2v) is 8.74. The molecule has 2 amide bonds. The van der Waals surface area contributed by atoms with E-state index >= 15 is 0 Å². The molecule has 0 saturated carbocycles. The maximum absolute atomic E-state index is 12.4. The molecule has 3 aromatic rings. The fraction of sp³-hybridized carbons (Fsp3) is 0.333. The molecule has 0 atom stereocenters. The van der Waals surface area contributed by atoms with E-state index in [1.54, 1.807) is 20.4 Å². The number of nitrogens with one attached hydrogen (secondary N) is 2. The van der Waals surface area contributed by atoms with Crippen LogP contribution in [0.15, 0.2) is 54.7 Å². The molecule has 2 N–H and O–H groups in total. The summed E-state index contributed by atoms with van der Waals surface area (Å²) in [6.07, 6.45) is 1.70. The molecule has 0 aliphatic carbocycles. The van der Waals surface area contributed by atoms with Gasteiger partial charge < -0.3 is 25.0 Å². The SMILES string of the molecule is COc1ccc(OC)c(CN2CCN(c3ccc(NC(=O)Nc4cc(C)ccc4C)cn3)CC2)c1. The van der Waals surface area contributed by atoms with Crippen molar-refractivity contribution in [2.45, 2.75) is 20.4 Å². The number of pyridine rings is 1. The minimum atomic E-state index is -0.283. The van der Waals surface area contributed by atoms with E-state index in [-0.39, 0.29) is 6.03 Å². The van der Waals surface area contributed by atoms with Crippen LogP contribution in [0.3, 0.4) is 0 Å². The van der Waals surface area contributed by atoms with E-state index in [1.807, 2.05) is 62.4 Å². The monoisotopic (exact) mass is 475 g/mol. The second-order valence-electron chi connectivity index (χ2n) is 8.74. The number of hydrogen-bond acceptors (Lipinski definition) is 6. The molecule has 1 fully saturated rings. The summed E-state index contributed by atoms with van der Waals surface area (Å²) in [6.45, 7) is 8.36. The van der Waals surface area contributed by atoms with E-state index in [0.717, 1.165) is 72.4 Å². The van der Waals surface area contributed by atoms with Gasteiger partial charge in [0, 0.05) is 44.0 Å². The van der Waals surface area contributed by atoms with Gasteiger partial charge >= 0.3 is 6.03 Å². The van der Waals surface area contributed by atoms with E-state index in [4.69, 9.17) is 9.47 Å². The standard InChI is InChI=1S/C27H33N5O3/c1-19-5-6-20(2)24(15-19)30-27(33)29-22-7-10-26(28-17-22)32-13-11-31(12-14-32)18-21-16-23(34-3)8-9-25(21)35-4/h5-10,15-17H,11-14,18H2,1-4H3,(H2,29,30,33). The van der Waals surface area contributed by atoms with Crippen molar-refractivity contribution >= 4 is 23.2 Å². The number of aromatic nitrogens is 1. The van der Waals surface area contributed by atoms with Crippen molar-refractivity contribution in [3.63, 3.8) is 0 Å². The number of benzene rings is 2. The summed E-state index contributed by atoms with van der Waals surface area (Å²) in [6, 6.07) is 15.4. The van der Waals surface area contributed by atoms with Crippen LogP contribution in [0.4, 0.5) is 22.0 Å². The number of aryl methyl sites for hydroxylation is 2. The first kappa shape index (κ1) is 24.3. The van der Waals surface area contributed by atoms with Crippen molar-refractivity contribution in [2.24, 2.45) is 0 Å². The lowest BCUT2D eigenvalue weighted by atomic mass is 10.1. The predicted molar refractivity (Wildman–Crippen MR) is 140 cm³/mol. The number of piperazine rings is 1. The molecule has 35 heavy (non-hydrogen) atoms. The number of anilines is 3. The highest BCUT2D eigenvalue weighted by atomic mass is 16.5.